The van der Waals surface area contributed by atoms with Crippen molar-refractivity contribution in [2.45, 2.75) is 286 Å². The van der Waals surface area contributed by atoms with Gasteiger partial charge in [0.1, 0.15) is 46.8 Å². The third-order valence-electron chi connectivity index (χ3n) is 17.3. The Labute approximate surface area is 523 Å². The van der Waals surface area contributed by atoms with E-state index in [1.807, 2.05) is 67.5 Å². The minimum Gasteiger partial charge on any atom is -0.354 e. The minimum atomic E-state index is -1.63. The summed E-state index contributed by atoms with van der Waals surface area (Å²) in [5.41, 5.74) is -4.70. The Kier molecular flexibility index (Phi) is 30.2. The van der Waals surface area contributed by atoms with Crippen LogP contribution < -0.4 is 47.9 Å². The van der Waals surface area contributed by atoms with Gasteiger partial charge in [-0.3, -0.25) is 47.9 Å². The van der Waals surface area contributed by atoms with Gasteiger partial charge in [0.25, 0.3) is 0 Å². The molecule has 3 fully saturated rings. The largest absolute Gasteiger partial charge is 0.354 e. The van der Waals surface area contributed by atoms with Gasteiger partial charge in [-0.2, -0.15) is 0 Å². The fourth-order valence-electron chi connectivity index (χ4n) is 13.4. The third-order valence-corrected chi connectivity index (χ3v) is 17.3. The molecule has 1 saturated heterocycles. The first-order valence-electron chi connectivity index (χ1n) is 33.1. The van der Waals surface area contributed by atoms with E-state index in [0.717, 1.165) is 51.4 Å². The Balaban J connectivity index is 1.74. The molecule has 87 heavy (non-hydrogen) atoms. The molecule has 3 aliphatic rings. The standard InChI is InChI=1S/C66H119N11O10/c1-19-20-21-22-23-24-26-48(69-59(84)52-27-25-30-77(52)54(79)39-66-36-44(8)34-47(38-66)35-45(9)37-66)55(80)70-50(32-42(4)5)57(82)73-64(13,14)61(86)72-49(31-41(2)3)56(81)71-51(33-43(6)7)58(83)74-65(15,16)62(87)75-63(11,12)60(85)67-29-28-53(78)68-46(10)40-76(17)18/h41-52H,19-40H2,1-18H3,(H,67,85)(H,68,78)(H,69,84)(H,70,80)(H,71,81)(H,72,86)(H,73,82)(H,74,83)(H,75,87)/t44?,45?,46-,47?,48-,49-,50-,51-,52-,66?/m0/s1. The summed E-state index contributed by atoms with van der Waals surface area (Å²) < 4.78 is 0. The van der Waals surface area contributed by atoms with Gasteiger partial charge < -0.3 is 57.7 Å². The van der Waals surface area contributed by atoms with Crippen LogP contribution in [0.25, 0.3) is 0 Å². The highest BCUT2D eigenvalue weighted by molar-refractivity contribution is 6.00. The first-order chi connectivity index (χ1) is 40.4. The van der Waals surface area contributed by atoms with Gasteiger partial charge >= 0.3 is 0 Å². The Bertz CT molecular complexity index is 2300. The highest BCUT2D eigenvalue weighted by Gasteiger charge is 2.48. The number of likely N-dealkylation sites (tertiary alicyclic amines) is 1. The number of hydrogen-bond donors (Lipinski definition) is 9. The maximum Gasteiger partial charge on any atom is 0.246 e. The molecule has 0 aromatic heterocycles. The zero-order valence-electron chi connectivity index (χ0n) is 57.0. The molecule has 8 atom stereocenters. The topological polar surface area (TPSA) is 285 Å². The van der Waals surface area contributed by atoms with Gasteiger partial charge in [0.2, 0.25) is 59.1 Å². The van der Waals surface area contributed by atoms with Gasteiger partial charge in [-0.05, 0) is 174 Å². The van der Waals surface area contributed by atoms with Gasteiger partial charge in [-0.15, -0.1) is 0 Å². The van der Waals surface area contributed by atoms with E-state index in [1.165, 1.54) is 54.4 Å². The molecular weight excluding hydrogens is 1110 g/mol. The number of likely N-dealkylation sites (N-methyl/N-ethyl adjacent to an activating group) is 1. The molecule has 2 bridgehead atoms. The van der Waals surface area contributed by atoms with E-state index in [-0.39, 0.29) is 79.2 Å². The monoisotopic (exact) mass is 1230 g/mol. The fraction of sp³-hybridized carbons (Fsp3) is 0.848. The van der Waals surface area contributed by atoms with Crippen LogP contribution in [0.3, 0.4) is 0 Å². The van der Waals surface area contributed by atoms with Crippen LogP contribution in [-0.2, 0) is 47.9 Å². The van der Waals surface area contributed by atoms with Crippen molar-refractivity contribution in [2.24, 2.45) is 40.9 Å². The van der Waals surface area contributed by atoms with Crippen LogP contribution in [0.5, 0.6) is 0 Å². The number of fused-ring (bicyclic) bond motifs is 2. The van der Waals surface area contributed by atoms with Gasteiger partial charge in [0, 0.05) is 38.5 Å². The van der Waals surface area contributed by atoms with Crippen molar-refractivity contribution in [3.8, 4) is 0 Å². The lowest BCUT2D eigenvalue weighted by atomic mass is 9.55. The maximum atomic E-state index is 14.5. The molecule has 21 heteroatoms. The first kappa shape index (κ1) is 75.9. The van der Waals surface area contributed by atoms with Gasteiger partial charge in [0.15, 0.2) is 0 Å². The van der Waals surface area contributed by atoms with E-state index in [9.17, 15) is 47.9 Å². The summed E-state index contributed by atoms with van der Waals surface area (Å²) in [6.07, 6.45) is 13.8. The lowest BCUT2D eigenvalue weighted by Gasteiger charge is -2.50. The zero-order chi connectivity index (χ0) is 65.8. The quantitative estimate of drug-likeness (QED) is 0.0314. The smallest absolute Gasteiger partial charge is 0.246 e. The van der Waals surface area contributed by atoms with Gasteiger partial charge in [-0.25, -0.2) is 0 Å². The number of nitrogens with zero attached hydrogens (tertiary/aromatic N) is 2. The zero-order valence-corrected chi connectivity index (χ0v) is 57.0. The molecule has 0 aromatic carbocycles. The van der Waals surface area contributed by atoms with Crippen molar-refractivity contribution in [3.05, 3.63) is 0 Å². The second kappa shape index (κ2) is 34.6. The maximum absolute atomic E-state index is 14.5. The number of carbonyl (C=O) groups is 10. The van der Waals surface area contributed by atoms with Crippen molar-refractivity contribution >= 4 is 59.1 Å². The fourth-order valence-corrected chi connectivity index (χ4v) is 13.4. The molecule has 0 radical (unpaired) electrons. The summed E-state index contributed by atoms with van der Waals surface area (Å²) in [7, 11) is 3.80. The highest BCUT2D eigenvalue weighted by Crippen LogP contribution is 2.55. The summed E-state index contributed by atoms with van der Waals surface area (Å²) in [5, 5.41) is 25.5. The van der Waals surface area contributed by atoms with Crippen molar-refractivity contribution in [2.75, 3.05) is 33.7 Å². The van der Waals surface area contributed by atoms with Crippen molar-refractivity contribution in [1.82, 2.24) is 57.7 Å². The summed E-state index contributed by atoms with van der Waals surface area (Å²) in [4.78, 5) is 144. The number of hydrogen-bond acceptors (Lipinski definition) is 11. The third kappa shape index (κ3) is 25.6. The number of rotatable bonds is 36. The minimum absolute atomic E-state index is 0.0112. The van der Waals surface area contributed by atoms with Crippen LogP contribution in [0.4, 0.5) is 0 Å². The molecular formula is C66H119N11O10. The highest BCUT2D eigenvalue weighted by atomic mass is 16.2. The Morgan fingerprint density at radius 1 is 0.563 bits per heavy atom. The van der Waals surface area contributed by atoms with Crippen molar-refractivity contribution < 1.29 is 47.9 Å². The molecule has 21 nitrogen and oxygen atoms in total. The van der Waals surface area contributed by atoms with Crippen LogP contribution in [0.15, 0.2) is 0 Å². The van der Waals surface area contributed by atoms with Crippen LogP contribution in [0, 0.1) is 40.9 Å². The Hall–Kier alpha value is -5.34. The molecule has 2 unspecified atom stereocenters. The van der Waals surface area contributed by atoms with E-state index in [4.69, 9.17) is 0 Å². The van der Waals surface area contributed by atoms with Crippen LogP contribution in [-0.4, -0.2) is 155 Å². The predicted octanol–water partition coefficient (Wildman–Crippen LogP) is 6.31. The van der Waals surface area contributed by atoms with Crippen LogP contribution in [0.1, 0.15) is 233 Å². The summed E-state index contributed by atoms with van der Waals surface area (Å²) >= 11 is 0. The second-order valence-electron chi connectivity index (χ2n) is 29.8. The van der Waals surface area contributed by atoms with Crippen molar-refractivity contribution in [1.29, 1.82) is 0 Å². The second-order valence-corrected chi connectivity index (χ2v) is 29.8. The molecule has 9 N–H and O–H groups in total. The molecule has 3 rings (SSSR count). The van der Waals surface area contributed by atoms with E-state index in [0.29, 0.717) is 62.9 Å². The van der Waals surface area contributed by atoms with Crippen LogP contribution >= 0.6 is 0 Å². The predicted molar refractivity (Wildman–Crippen MR) is 341 cm³/mol. The van der Waals surface area contributed by atoms with Gasteiger partial charge in [0.05, 0.1) is 0 Å². The SMILES string of the molecule is CCCCCCCC[C@H](NC(=O)[C@@H]1CCCN1C(=O)CC12CC(C)CC(CC(C)C1)C2)C(=O)N[C@@H](CC(C)C)C(=O)NC(C)(C)C(=O)N[C@@H](CC(C)C)C(=O)N[C@@H](CC(C)C)C(=O)NC(C)(C)C(=O)NC(C)(C)C(=O)NCCC(=O)N[C@@H](C)CN(C)C. The van der Waals surface area contributed by atoms with Crippen LogP contribution in [0.2, 0.25) is 0 Å². The lowest BCUT2D eigenvalue weighted by Crippen LogP contribution is -2.65. The molecule has 498 valence electrons. The average molecular weight is 1230 g/mol. The first-order valence-corrected chi connectivity index (χ1v) is 33.1. The van der Waals surface area contributed by atoms with E-state index in [1.54, 1.807) is 4.90 Å². The van der Waals surface area contributed by atoms with Gasteiger partial charge in [-0.1, -0.05) is 101 Å². The number of unbranched alkanes of at least 4 members (excludes halogenated alkanes) is 5. The Morgan fingerprint density at radius 3 is 1.56 bits per heavy atom. The molecule has 0 spiro atoms. The molecule has 1 heterocycles. The number of carbonyl (C=O) groups excluding carboxylic acids is 10. The normalized spacial score (nSPS) is 21.5. The molecule has 2 saturated carbocycles. The summed E-state index contributed by atoms with van der Waals surface area (Å²) in [5.74, 6) is -3.57. The summed E-state index contributed by atoms with van der Waals surface area (Å²) in [6.45, 7) is 30.0. The van der Waals surface area contributed by atoms with Crippen molar-refractivity contribution in [3.63, 3.8) is 0 Å². The molecule has 2 aliphatic carbocycles. The molecule has 1 aliphatic heterocycles. The number of amides is 10. The Morgan fingerprint density at radius 2 is 1.05 bits per heavy atom. The van der Waals surface area contributed by atoms with E-state index in [2.05, 4.69) is 68.6 Å². The average Bonchev–Trinajstić information content (AvgIpc) is 1.74. The molecule has 10 amide bonds. The van der Waals surface area contributed by atoms with E-state index >= 15 is 0 Å². The molecule has 0 aromatic rings. The summed E-state index contributed by atoms with van der Waals surface area (Å²) in [6, 6.07) is -5.20. The lowest BCUT2D eigenvalue weighted by molar-refractivity contribution is -0.143. The number of nitrogens with one attached hydrogen (secondary N) is 9. The van der Waals surface area contributed by atoms with E-state index < -0.39 is 88.2 Å².